The molecule has 3 aromatic rings. The number of nitrogens with zero attached hydrogens (tertiary/aromatic N) is 2. The van der Waals surface area contributed by atoms with Gasteiger partial charge in [-0.25, -0.2) is 4.68 Å². The predicted molar refractivity (Wildman–Crippen MR) is 117 cm³/mol. The van der Waals surface area contributed by atoms with Gasteiger partial charge in [-0.2, -0.15) is 5.10 Å². The van der Waals surface area contributed by atoms with E-state index in [1.165, 1.54) is 42.6 Å². The molecule has 1 aliphatic rings. The normalized spacial score (nSPS) is 14.7. The van der Waals surface area contributed by atoms with Crippen LogP contribution in [0.2, 0.25) is 0 Å². The van der Waals surface area contributed by atoms with Gasteiger partial charge in [0.25, 0.3) is 5.56 Å². The molecule has 0 saturated carbocycles. The van der Waals surface area contributed by atoms with E-state index in [2.05, 4.69) is 34.7 Å². The van der Waals surface area contributed by atoms with Crippen LogP contribution in [0.1, 0.15) is 36.1 Å². The van der Waals surface area contributed by atoms with Gasteiger partial charge in [0.1, 0.15) is 6.54 Å². The van der Waals surface area contributed by atoms with Crippen LogP contribution in [0.4, 0.5) is 0 Å². The number of nitrogens with one attached hydrogen (secondary N) is 2. The van der Waals surface area contributed by atoms with Gasteiger partial charge in [-0.05, 0) is 30.9 Å². The Morgan fingerprint density at radius 1 is 1.00 bits per heavy atom. The second-order valence-corrected chi connectivity index (χ2v) is 8.18. The number of hydrogen-bond acceptors (Lipinski definition) is 3. The Morgan fingerprint density at radius 3 is 2.40 bits per heavy atom. The molecule has 0 unspecified atom stereocenters. The maximum Gasteiger partial charge on any atom is 0.274 e. The molecule has 2 aromatic carbocycles. The fraction of sp³-hybridized carbons (Fsp3) is 0.375. The largest absolute Gasteiger partial charge is 0.352 e. The number of likely N-dealkylation sites (tertiary alicyclic amines) is 1. The number of rotatable bonds is 6. The Kier molecular flexibility index (Phi) is 6.23. The lowest BCUT2D eigenvalue weighted by Gasteiger charge is -2.23. The fourth-order valence-corrected chi connectivity index (χ4v) is 4.21. The third-order valence-corrected chi connectivity index (χ3v) is 5.89. The Hall–Kier alpha value is -2.99. The van der Waals surface area contributed by atoms with Gasteiger partial charge >= 0.3 is 0 Å². The molecule has 1 amide bonds. The molecule has 0 aliphatic carbocycles. The first-order chi connectivity index (χ1) is 14.6. The lowest BCUT2D eigenvalue weighted by atomic mass is 10.1. The molecule has 0 radical (unpaired) electrons. The van der Waals surface area contributed by atoms with Crippen molar-refractivity contribution in [2.24, 2.45) is 7.05 Å². The van der Waals surface area contributed by atoms with Gasteiger partial charge in [-0.15, -0.1) is 0 Å². The first kappa shape index (κ1) is 20.3. The fourth-order valence-electron chi connectivity index (χ4n) is 4.21. The minimum absolute atomic E-state index is 0.104. The molecule has 1 fully saturated rings. The van der Waals surface area contributed by atoms with Gasteiger partial charge in [0.15, 0.2) is 0 Å². The summed E-state index contributed by atoms with van der Waals surface area (Å²) in [4.78, 5) is 26.4. The highest BCUT2D eigenvalue weighted by Crippen LogP contribution is 2.13. The van der Waals surface area contributed by atoms with Crippen molar-refractivity contribution in [3.05, 3.63) is 75.7 Å². The van der Waals surface area contributed by atoms with Crippen molar-refractivity contribution in [2.45, 2.75) is 38.8 Å². The third kappa shape index (κ3) is 4.76. The van der Waals surface area contributed by atoms with E-state index in [4.69, 9.17) is 0 Å². The van der Waals surface area contributed by atoms with Crippen LogP contribution in [0.15, 0.2) is 53.3 Å². The van der Waals surface area contributed by atoms with Gasteiger partial charge < -0.3 is 10.2 Å². The van der Waals surface area contributed by atoms with Crippen molar-refractivity contribution in [2.75, 3.05) is 13.1 Å². The van der Waals surface area contributed by atoms with Crippen LogP contribution in [0.3, 0.4) is 0 Å². The predicted octanol–water partition coefficient (Wildman–Crippen LogP) is 1.36. The number of carbonyl (C=O) groups is 1. The zero-order chi connectivity index (χ0) is 20.9. The second kappa shape index (κ2) is 9.22. The van der Waals surface area contributed by atoms with E-state index in [1.807, 2.05) is 18.2 Å². The van der Waals surface area contributed by atoms with E-state index in [1.54, 1.807) is 18.0 Å². The van der Waals surface area contributed by atoms with Crippen LogP contribution in [0.25, 0.3) is 10.8 Å². The molecule has 1 saturated heterocycles. The summed E-state index contributed by atoms with van der Waals surface area (Å²) in [6.45, 7) is 4.11. The molecule has 2 heterocycles. The molecule has 1 aromatic heterocycles. The number of carbonyl (C=O) groups excluding carboxylic acids is 1. The molecular formula is C24H29N4O2+. The molecule has 4 rings (SSSR count). The first-order valence-corrected chi connectivity index (χ1v) is 10.7. The quantitative estimate of drug-likeness (QED) is 0.651. The molecule has 0 bridgehead atoms. The van der Waals surface area contributed by atoms with Crippen molar-refractivity contribution in [3.8, 4) is 0 Å². The molecule has 1 aliphatic heterocycles. The lowest BCUT2D eigenvalue weighted by molar-refractivity contribution is -0.918. The summed E-state index contributed by atoms with van der Waals surface area (Å²) in [6, 6.07) is 15.8. The number of benzene rings is 2. The maximum absolute atomic E-state index is 12.5. The molecule has 30 heavy (non-hydrogen) atoms. The van der Waals surface area contributed by atoms with Crippen LogP contribution in [0.5, 0.6) is 0 Å². The summed E-state index contributed by atoms with van der Waals surface area (Å²) in [5.74, 6) is -0.104. The number of aromatic nitrogens is 2. The van der Waals surface area contributed by atoms with Crippen LogP contribution < -0.4 is 15.8 Å². The number of hydrogen-bond donors (Lipinski definition) is 2. The van der Waals surface area contributed by atoms with Gasteiger partial charge in [0.2, 0.25) is 5.91 Å². The summed E-state index contributed by atoms with van der Waals surface area (Å²) in [6.07, 6.45) is 4.18. The minimum atomic E-state index is -0.152. The lowest BCUT2D eigenvalue weighted by Crippen LogP contribution is -3.11. The summed E-state index contributed by atoms with van der Waals surface area (Å²) < 4.78 is 1.30. The Morgan fingerprint density at radius 2 is 1.67 bits per heavy atom. The summed E-state index contributed by atoms with van der Waals surface area (Å²) in [5, 5.41) is 8.60. The number of aryl methyl sites for hydroxylation is 1. The Bertz CT molecular complexity index is 1080. The van der Waals surface area contributed by atoms with E-state index in [9.17, 15) is 9.59 Å². The molecule has 0 spiro atoms. The summed E-state index contributed by atoms with van der Waals surface area (Å²) in [7, 11) is 1.61. The minimum Gasteiger partial charge on any atom is -0.352 e. The number of amides is 1. The summed E-state index contributed by atoms with van der Waals surface area (Å²) >= 11 is 0. The van der Waals surface area contributed by atoms with Crippen molar-refractivity contribution < 1.29 is 9.69 Å². The van der Waals surface area contributed by atoms with Crippen molar-refractivity contribution >= 4 is 16.7 Å². The SMILES string of the molecule is Cn1nc(CC(=O)NCc2ccc(C[NH+]3CCCCC3)cc2)c2ccccc2c1=O. The van der Waals surface area contributed by atoms with E-state index < -0.39 is 0 Å². The maximum atomic E-state index is 12.5. The molecule has 0 atom stereocenters. The first-order valence-electron chi connectivity index (χ1n) is 10.7. The van der Waals surface area contributed by atoms with Gasteiger partial charge in [-0.1, -0.05) is 42.5 Å². The van der Waals surface area contributed by atoms with Gasteiger partial charge in [0, 0.05) is 24.5 Å². The zero-order valence-corrected chi connectivity index (χ0v) is 17.5. The average Bonchev–Trinajstić information content (AvgIpc) is 2.77. The van der Waals surface area contributed by atoms with E-state index in [-0.39, 0.29) is 17.9 Å². The molecule has 156 valence electrons. The number of piperidine rings is 1. The van der Waals surface area contributed by atoms with Gasteiger partial charge in [0.05, 0.1) is 30.6 Å². The Labute approximate surface area is 176 Å². The van der Waals surface area contributed by atoms with Crippen molar-refractivity contribution in [1.82, 2.24) is 15.1 Å². The summed E-state index contributed by atoms with van der Waals surface area (Å²) in [5.41, 5.74) is 2.90. The average molecular weight is 406 g/mol. The molecular weight excluding hydrogens is 376 g/mol. The molecule has 2 N–H and O–H groups in total. The number of quaternary nitrogens is 1. The van der Waals surface area contributed by atoms with Crippen LogP contribution >= 0.6 is 0 Å². The van der Waals surface area contributed by atoms with E-state index in [0.29, 0.717) is 17.6 Å². The highest BCUT2D eigenvalue weighted by atomic mass is 16.1. The molecule has 6 nitrogen and oxygen atoms in total. The highest BCUT2D eigenvalue weighted by Gasteiger charge is 2.14. The van der Waals surface area contributed by atoms with Crippen LogP contribution in [0, 0.1) is 0 Å². The van der Waals surface area contributed by atoms with Crippen molar-refractivity contribution in [1.29, 1.82) is 0 Å². The van der Waals surface area contributed by atoms with Crippen LogP contribution in [-0.2, 0) is 31.4 Å². The zero-order valence-electron chi connectivity index (χ0n) is 17.5. The number of fused-ring (bicyclic) bond motifs is 1. The third-order valence-electron chi connectivity index (χ3n) is 5.89. The monoisotopic (exact) mass is 405 g/mol. The van der Waals surface area contributed by atoms with Gasteiger partial charge in [-0.3, -0.25) is 9.59 Å². The van der Waals surface area contributed by atoms with E-state index in [0.717, 1.165) is 17.5 Å². The Balaban J connectivity index is 1.35. The topological polar surface area (TPSA) is 68.4 Å². The van der Waals surface area contributed by atoms with Crippen LogP contribution in [-0.4, -0.2) is 28.8 Å². The smallest absolute Gasteiger partial charge is 0.274 e. The second-order valence-electron chi connectivity index (χ2n) is 8.18. The standard InChI is InChI=1S/C24H28N4O2/c1-27-24(30)21-8-4-3-7-20(21)22(26-27)15-23(29)25-16-18-9-11-19(12-10-18)17-28-13-5-2-6-14-28/h3-4,7-12H,2,5-6,13-17H2,1H3,(H,25,29)/p+1. The highest BCUT2D eigenvalue weighted by molar-refractivity contribution is 5.88. The van der Waals surface area contributed by atoms with E-state index >= 15 is 0 Å². The van der Waals surface area contributed by atoms with Crippen molar-refractivity contribution in [3.63, 3.8) is 0 Å². The molecule has 6 heteroatoms.